The van der Waals surface area contributed by atoms with Crippen molar-refractivity contribution in [3.05, 3.63) is 35.4 Å². The summed E-state index contributed by atoms with van der Waals surface area (Å²) in [7, 11) is 0. The van der Waals surface area contributed by atoms with Crippen LogP contribution in [0, 0.1) is 0 Å². The molecule has 0 saturated carbocycles. The number of nitrogens with zero attached hydrogens (tertiary/aromatic N) is 1. The average Bonchev–Trinajstić information content (AvgIpc) is 2.30. The van der Waals surface area contributed by atoms with Gasteiger partial charge in [-0.15, -0.1) is 0 Å². The van der Waals surface area contributed by atoms with Crippen molar-refractivity contribution < 1.29 is 15.0 Å². The third-order valence-corrected chi connectivity index (χ3v) is 2.72. The molecule has 0 aliphatic carbocycles. The summed E-state index contributed by atoms with van der Waals surface area (Å²) in [5, 5.41) is 17.8. The molecule has 4 nitrogen and oxygen atoms in total. The molecule has 94 valence electrons. The van der Waals surface area contributed by atoms with Gasteiger partial charge in [0.15, 0.2) is 0 Å². The fraction of sp³-hybridized carbons (Fsp3) is 0.462. The van der Waals surface area contributed by atoms with E-state index in [0.29, 0.717) is 13.1 Å². The van der Waals surface area contributed by atoms with Crippen molar-refractivity contribution in [2.45, 2.75) is 19.9 Å². The number of hydrogen-bond donors (Lipinski definition) is 2. The molecule has 1 rings (SSSR count). The Morgan fingerprint density at radius 1 is 1.29 bits per heavy atom. The zero-order valence-electron chi connectivity index (χ0n) is 10.1. The van der Waals surface area contributed by atoms with Crippen molar-refractivity contribution >= 4 is 5.97 Å². The van der Waals surface area contributed by atoms with Gasteiger partial charge in [0.1, 0.15) is 0 Å². The van der Waals surface area contributed by atoms with E-state index in [1.165, 1.54) is 0 Å². The monoisotopic (exact) mass is 237 g/mol. The van der Waals surface area contributed by atoms with Crippen molar-refractivity contribution in [2.24, 2.45) is 0 Å². The number of carboxylic acid groups (broad SMARTS) is 1. The second-order valence-electron chi connectivity index (χ2n) is 3.93. The molecule has 0 aromatic heterocycles. The van der Waals surface area contributed by atoms with E-state index in [0.717, 1.165) is 17.7 Å². The van der Waals surface area contributed by atoms with Crippen molar-refractivity contribution in [1.29, 1.82) is 0 Å². The standard InChI is InChI=1S/C13H19NO3/c1-2-14(7-8-15)10-12-6-4-3-5-11(12)9-13(16)17/h3-6,15H,2,7-10H2,1H3,(H,16,17). The predicted molar refractivity (Wildman–Crippen MR) is 65.8 cm³/mol. The normalized spacial score (nSPS) is 10.8. The maximum Gasteiger partial charge on any atom is 0.307 e. The Morgan fingerprint density at radius 2 is 1.94 bits per heavy atom. The van der Waals surface area contributed by atoms with Crippen LogP contribution in [0.1, 0.15) is 18.1 Å². The Balaban J connectivity index is 2.77. The maximum absolute atomic E-state index is 10.7. The second-order valence-corrected chi connectivity index (χ2v) is 3.93. The van der Waals surface area contributed by atoms with E-state index >= 15 is 0 Å². The quantitative estimate of drug-likeness (QED) is 0.746. The summed E-state index contributed by atoms with van der Waals surface area (Å²) < 4.78 is 0. The number of likely N-dealkylation sites (N-methyl/N-ethyl adjacent to an activating group) is 1. The number of carbonyl (C=O) groups is 1. The first-order valence-corrected chi connectivity index (χ1v) is 5.79. The van der Waals surface area contributed by atoms with Crippen LogP contribution in [0.5, 0.6) is 0 Å². The number of carboxylic acids is 1. The van der Waals surface area contributed by atoms with Crippen LogP contribution in [0.25, 0.3) is 0 Å². The number of benzene rings is 1. The van der Waals surface area contributed by atoms with Crippen LogP contribution >= 0.6 is 0 Å². The third-order valence-electron chi connectivity index (χ3n) is 2.72. The first-order valence-electron chi connectivity index (χ1n) is 5.79. The molecule has 2 N–H and O–H groups in total. The maximum atomic E-state index is 10.7. The van der Waals surface area contributed by atoms with E-state index in [-0.39, 0.29) is 13.0 Å². The highest BCUT2D eigenvalue weighted by Crippen LogP contribution is 2.12. The zero-order valence-corrected chi connectivity index (χ0v) is 10.1. The van der Waals surface area contributed by atoms with Crippen molar-refractivity contribution in [3.63, 3.8) is 0 Å². The van der Waals surface area contributed by atoms with Crippen molar-refractivity contribution in [2.75, 3.05) is 19.7 Å². The minimum absolute atomic E-state index is 0.0485. The molecule has 0 amide bonds. The number of hydrogen-bond acceptors (Lipinski definition) is 3. The van der Waals surface area contributed by atoms with Crippen LogP contribution < -0.4 is 0 Å². The van der Waals surface area contributed by atoms with Gasteiger partial charge in [-0.2, -0.15) is 0 Å². The molecule has 0 bridgehead atoms. The Morgan fingerprint density at radius 3 is 2.47 bits per heavy atom. The summed E-state index contributed by atoms with van der Waals surface area (Å²) in [6.45, 7) is 4.27. The second kappa shape index (κ2) is 7.04. The Kier molecular flexibility index (Phi) is 5.66. The fourth-order valence-electron chi connectivity index (χ4n) is 1.78. The molecule has 0 atom stereocenters. The number of aliphatic hydroxyl groups is 1. The summed E-state index contributed by atoms with van der Waals surface area (Å²) in [6, 6.07) is 7.55. The molecule has 0 unspecified atom stereocenters. The van der Waals surface area contributed by atoms with Gasteiger partial charge in [-0.25, -0.2) is 0 Å². The lowest BCUT2D eigenvalue weighted by Crippen LogP contribution is -2.26. The first kappa shape index (κ1) is 13.7. The number of rotatable bonds is 7. The summed E-state index contributed by atoms with van der Waals surface area (Å²) in [4.78, 5) is 12.8. The largest absolute Gasteiger partial charge is 0.481 e. The van der Waals surface area contributed by atoms with E-state index in [1.54, 1.807) is 0 Å². The molecular weight excluding hydrogens is 218 g/mol. The third kappa shape index (κ3) is 4.54. The van der Waals surface area contributed by atoms with Crippen LogP contribution in [-0.2, 0) is 17.8 Å². The summed E-state index contributed by atoms with van der Waals surface area (Å²) in [5.74, 6) is -0.817. The van der Waals surface area contributed by atoms with Gasteiger partial charge in [0, 0.05) is 13.1 Å². The fourth-order valence-corrected chi connectivity index (χ4v) is 1.78. The number of aliphatic carboxylic acids is 1. The lowest BCUT2D eigenvalue weighted by atomic mass is 10.0. The Labute approximate surface area is 101 Å². The van der Waals surface area contributed by atoms with Crippen molar-refractivity contribution in [3.8, 4) is 0 Å². The topological polar surface area (TPSA) is 60.8 Å². The Bertz CT molecular complexity index is 365. The van der Waals surface area contributed by atoms with E-state index in [1.807, 2.05) is 31.2 Å². The lowest BCUT2D eigenvalue weighted by Gasteiger charge is -2.20. The predicted octanol–water partition coefficient (Wildman–Crippen LogP) is 1.13. The molecule has 0 saturated heterocycles. The molecule has 0 radical (unpaired) electrons. The molecule has 0 fully saturated rings. The van der Waals surface area contributed by atoms with Gasteiger partial charge in [0.25, 0.3) is 0 Å². The highest BCUT2D eigenvalue weighted by molar-refractivity contribution is 5.70. The minimum Gasteiger partial charge on any atom is -0.481 e. The van der Waals surface area contributed by atoms with Gasteiger partial charge in [-0.1, -0.05) is 31.2 Å². The van der Waals surface area contributed by atoms with Crippen LogP contribution in [0.4, 0.5) is 0 Å². The van der Waals surface area contributed by atoms with Crippen LogP contribution in [0.15, 0.2) is 24.3 Å². The molecule has 4 heteroatoms. The Hall–Kier alpha value is -1.39. The van der Waals surface area contributed by atoms with Gasteiger partial charge in [-0.05, 0) is 17.7 Å². The smallest absolute Gasteiger partial charge is 0.307 e. The van der Waals surface area contributed by atoms with Gasteiger partial charge in [0.05, 0.1) is 13.0 Å². The van der Waals surface area contributed by atoms with Gasteiger partial charge in [-0.3, -0.25) is 9.69 Å². The SMILES string of the molecule is CCN(CCO)Cc1ccccc1CC(=O)O. The molecular formula is C13H19NO3. The molecule has 0 aliphatic rings. The highest BCUT2D eigenvalue weighted by Gasteiger charge is 2.09. The van der Waals surface area contributed by atoms with Gasteiger partial charge >= 0.3 is 5.97 Å². The van der Waals surface area contributed by atoms with Gasteiger partial charge in [0.2, 0.25) is 0 Å². The first-order chi connectivity index (χ1) is 8.17. The van der Waals surface area contributed by atoms with E-state index in [4.69, 9.17) is 10.2 Å². The van der Waals surface area contributed by atoms with Gasteiger partial charge < -0.3 is 10.2 Å². The molecule has 0 aliphatic heterocycles. The molecule has 0 spiro atoms. The van der Waals surface area contributed by atoms with E-state index in [9.17, 15) is 4.79 Å². The van der Waals surface area contributed by atoms with Crippen molar-refractivity contribution in [1.82, 2.24) is 4.90 Å². The molecule has 1 aromatic carbocycles. The lowest BCUT2D eigenvalue weighted by molar-refractivity contribution is -0.136. The van der Waals surface area contributed by atoms with Crippen LogP contribution in [0.3, 0.4) is 0 Å². The minimum atomic E-state index is -0.817. The molecule has 17 heavy (non-hydrogen) atoms. The highest BCUT2D eigenvalue weighted by atomic mass is 16.4. The summed E-state index contributed by atoms with van der Waals surface area (Å²) >= 11 is 0. The zero-order chi connectivity index (χ0) is 12.7. The van der Waals surface area contributed by atoms with Crippen LogP contribution in [-0.4, -0.2) is 40.8 Å². The molecule has 0 heterocycles. The average molecular weight is 237 g/mol. The molecule has 1 aromatic rings. The van der Waals surface area contributed by atoms with E-state index < -0.39 is 5.97 Å². The summed E-state index contributed by atoms with van der Waals surface area (Å²) in [5.41, 5.74) is 1.86. The number of aliphatic hydroxyl groups excluding tert-OH is 1. The van der Waals surface area contributed by atoms with E-state index in [2.05, 4.69) is 4.90 Å². The van der Waals surface area contributed by atoms with Crippen LogP contribution in [0.2, 0.25) is 0 Å². The summed E-state index contributed by atoms with van der Waals surface area (Å²) in [6.07, 6.45) is 0.0485.